The second-order valence-corrected chi connectivity index (χ2v) is 9.44. The van der Waals surface area contributed by atoms with Gasteiger partial charge in [0.25, 0.3) is 0 Å². The standard InChI is InChI=1S/C26H30N2O4/c29-26(32-25-16-28-10-7-17(25)8-11-28)27-22-9-13-31-24-15-19(3-5-21(22)24)18-4-6-23-20(14-18)2-1-12-30-23/h3-6,14-15,17,22,25H,1-2,7-13,16H2,(H,27,29)/t22?,25-/m1/s1. The molecule has 1 amide bonds. The van der Waals surface area contributed by atoms with Gasteiger partial charge in [0.05, 0.1) is 19.3 Å². The van der Waals surface area contributed by atoms with Gasteiger partial charge in [0, 0.05) is 18.5 Å². The van der Waals surface area contributed by atoms with Crippen molar-refractivity contribution in [3.05, 3.63) is 47.5 Å². The van der Waals surface area contributed by atoms with Crippen LogP contribution in [0.5, 0.6) is 11.5 Å². The number of nitrogens with one attached hydrogen (secondary N) is 1. The molecule has 2 bridgehead atoms. The molecular weight excluding hydrogens is 404 g/mol. The fourth-order valence-electron chi connectivity index (χ4n) is 5.62. The molecule has 3 saturated heterocycles. The highest BCUT2D eigenvalue weighted by Gasteiger charge is 2.37. The van der Waals surface area contributed by atoms with Crippen LogP contribution >= 0.6 is 0 Å². The third-order valence-corrected chi connectivity index (χ3v) is 7.44. The van der Waals surface area contributed by atoms with Crippen LogP contribution in [-0.2, 0) is 11.2 Å². The number of amides is 1. The minimum atomic E-state index is -0.305. The van der Waals surface area contributed by atoms with E-state index in [1.165, 1.54) is 5.56 Å². The van der Waals surface area contributed by atoms with Gasteiger partial charge in [-0.1, -0.05) is 18.2 Å². The average Bonchev–Trinajstić information content (AvgIpc) is 2.84. The first kappa shape index (κ1) is 19.9. The Labute approximate surface area is 188 Å². The van der Waals surface area contributed by atoms with Gasteiger partial charge in [0.15, 0.2) is 0 Å². The van der Waals surface area contributed by atoms with Gasteiger partial charge in [-0.05, 0) is 79.6 Å². The zero-order valence-corrected chi connectivity index (χ0v) is 18.3. The fraction of sp³-hybridized carbons (Fsp3) is 0.500. The lowest BCUT2D eigenvalue weighted by Crippen LogP contribution is -2.52. The highest BCUT2D eigenvalue weighted by Crippen LogP contribution is 2.37. The number of carbonyl (C=O) groups excluding carboxylic acids is 1. The molecule has 3 fully saturated rings. The number of hydrogen-bond donors (Lipinski definition) is 1. The lowest BCUT2D eigenvalue weighted by atomic mass is 9.86. The van der Waals surface area contributed by atoms with Crippen LogP contribution < -0.4 is 14.8 Å². The second kappa shape index (κ2) is 8.32. The van der Waals surface area contributed by atoms with Gasteiger partial charge in [-0.15, -0.1) is 0 Å². The summed E-state index contributed by atoms with van der Waals surface area (Å²) in [6.07, 6.45) is 4.85. The molecule has 5 heterocycles. The maximum absolute atomic E-state index is 12.7. The van der Waals surface area contributed by atoms with E-state index in [9.17, 15) is 4.79 Å². The van der Waals surface area contributed by atoms with Crippen molar-refractivity contribution in [2.45, 2.75) is 44.2 Å². The molecule has 0 aliphatic carbocycles. The van der Waals surface area contributed by atoms with Crippen molar-refractivity contribution in [1.29, 1.82) is 0 Å². The molecule has 2 aromatic carbocycles. The van der Waals surface area contributed by atoms with Gasteiger partial charge in [-0.25, -0.2) is 4.79 Å². The summed E-state index contributed by atoms with van der Waals surface area (Å²) >= 11 is 0. The highest BCUT2D eigenvalue weighted by atomic mass is 16.6. The number of ether oxygens (including phenoxy) is 3. The number of fused-ring (bicyclic) bond motifs is 5. The van der Waals surface area contributed by atoms with Crippen molar-refractivity contribution < 1.29 is 19.0 Å². The molecule has 168 valence electrons. The zero-order chi connectivity index (χ0) is 21.5. The maximum Gasteiger partial charge on any atom is 0.407 e. The molecule has 1 N–H and O–H groups in total. The van der Waals surface area contributed by atoms with Gasteiger partial charge < -0.3 is 19.5 Å². The molecule has 2 atom stereocenters. The largest absolute Gasteiger partial charge is 0.493 e. The minimum Gasteiger partial charge on any atom is -0.493 e. The quantitative estimate of drug-likeness (QED) is 0.780. The summed E-state index contributed by atoms with van der Waals surface area (Å²) in [7, 11) is 0. The van der Waals surface area contributed by atoms with Crippen LogP contribution in [0.25, 0.3) is 11.1 Å². The van der Waals surface area contributed by atoms with Gasteiger partial charge in [-0.3, -0.25) is 4.90 Å². The second-order valence-electron chi connectivity index (χ2n) is 9.44. The molecule has 5 aliphatic heterocycles. The molecule has 0 spiro atoms. The molecule has 32 heavy (non-hydrogen) atoms. The van der Waals surface area contributed by atoms with Crippen molar-refractivity contribution in [3.63, 3.8) is 0 Å². The van der Waals surface area contributed by atoms with Crippen LogP contribution in [0.3, 0.4) is 0 Å². The maximum atomic E-state index is 12.7. The Morgan fingerprint density at radius 3 is 2.62 bits per heavy atom. The number of carbonyl (C=O) groups is 1. The number of rotatable bonds is 3. The predicted molar refractivity (Wildman–Crippen MR) is 121 cm³/mol. The van der Waals surface area contributed by atoms with E-state index in [0.29, 0.717) is 12.5 Å². The summed E-state index contributed by atoms with van der Waals surface area (Å²) in [5.41, 5.74) is 4.57. The summed E-state index contributed by atoms with van der Waals surface area (Å²) in [5, 5.41) is 3.11. The van der Waals surface area contributed by atoms with Gasteiger partial charge >= 0.3 is 6.09 Å². The van der Waals surface area contributed by atoms with Gasteiger partial charge in [0.1, 0.15) is 17.6 Å². The molecule has 0 saturated carbocycles. The van der Waals surface area contributed by atoms with Crippen LogP contribution in [0.15, 0.2) is 36.4 Å². The van der Waals surface area contributed by atoms with Crippen molar-refractivity contribution >= 4 is 6.09 Å². The molecule has 1 unspecified atom stereocenters. The molecule has 0 radical (unpaired) electrons. The molecule has 2 aromatic rings. The lowest BCUT2D eigenvalue weighted by molar-refractivity contribution is -0.0342. The summed E-state index contributed by atoms with van der Waals surface area (Å²) in [6.45, 7) is 4.53. The van der Waals surface area contributed by atoms with E-state index in [4.69, 9.17) is 14.2 Å². The van der Waals surface area contributed by atoms with Gasteiger partial charge in [-0.2, -0.15) is 0 Å². The number of aryl methyl sites for hydroxylation is 1. The number of alkyl carbamates (subject to hydrolysis) is 1. The van der Waals surface area contributed by atoms with Crippen molar-refractivity contribution in [2.24, 2.45) is 5.92 Å². The number of benzene rings is 2. The van der Waals surface area contributed by atoms with Gasteiger partial charge in [0.2, 0.25) is 0 Å². The van der Waals surface area contributed by atoms with Crippen LogP contribution in [0.2, 0.25) is 0 Å². The van der Waals surface area contributed by atoms with E-state index < -0.39 is 0 Å². The summed E-state index contributed by atoms with van der Waals surface area (Å²) < 4.78 is 17.6. The van der Waals surface area contributed by atoms with Crippen LogP contribution in [0.4, 0.5) is 4.79 Å². The minimum absolute atomic E-state index is 0.0205. The SMILES string of the molecule is O=C(NC1CCOc2cc(-c3ccc4c(c3)CCCO4)ccc21)O[C@@H]1CN2CCC1CC2. The molecular formula is C26H30N2O4. The first-order chi connectivity index (χ1) is 15.7. The Kier molecular flexibility index (Phi) is 5.18. The average molecular weight is 435 g/mol. The van der Waals surface area contributed by atoms with Crippen LogP contribution in [0.1, 0.15) is 42.9 Å². The van der Waals surface area contributed by atoms with E-state index in [1.807, 2.05) is 0 Å². The fourth-order valence-corrected chi connectivity index (χ4v) is 5.62. The lowest BCUT2D eigenvalue weighted by Gasteiger charge is -2.44. The number of piperidine rings is 3. The Hall–Kier alpha value is -2.73. The van der Waals surface area contributed by atoms with E-state index in [0.717, 1.165) is 86.5 Å². The predicted octanol–water partition coefficient (Wildman–Crippen LogP) is 4.32. The third kappa shape index (κ3) is 3.81. The van der Waals surface area contributed by atoms with Crippen molar-refractivity contribution in [3.8, 4) is 22.6 Å². The Morgan fingerprint density at radius 1 is 0.969 bits per heavy atom. The first-order valence-electron chi connectivity index (χ1n) is 12.0. The van der Waals surface area contributed by atoms with Crippen LogP contribution in [-0.4, -0.2) is 49.9 Å². The van der Waals surface area contributed by atoms with Crippen molar-refractivity contribution in [2.75, 3.05) is 32.8 Å². The Balaban J connectivity index is 1.16. The van der Waals surface area contributed by atoms with E-state index in [-0.39, 0.29) is 18.2 Å². The molecule has 6 nitrogen and oxygen atoms in total. The van der Waals surface area contributed by atoms with E-state index >= 15 is 0 Å². The van der Waals surface area contributed by atoms with E-state index in [2.05, 4.69) is 46.6 Å². The van der Waals surface area contributed by atoms with Crippen LogP contribution in [0, 0.1) is 5.92 Å². The normalized spacial score (nSPS) is 28.0. The topological polar surface area (TPSA) is 60.0 Å². The van der Waals surface area contributed by atoms with Crippen molar-refractivity contribution in [1.82, 2.24) is 10.2 Å². The smallest absolute Gasteiger partial charge is 0.407 e. The molecule has 7 rings (SSSR count). The highest BCUT2D eigenvalue weighted by molar-refractivity contribution is 5.71. The Morgan fingerprint density at radius 2 is 1.78 bits per heavy atom. The first-order valence-corrected chi connectivity index (χ1v) is 12.0. The molecule has 6 heteroatoms. The number of hydrogen-bond acceptors (Lipinski definition) is 5. The molecule has 0 aromatic heterocycles. The van der Waals surface area contributed by atoms with E-state index in [1.54, 1.807) is 0 Å². The summed E-state index contributed by atoms with van der Waals surface area (Å²) in [4.78, 5) is 15.1. The third-order valence-electron chi connectivity index (χ3n) is 7.44. The number of nitrogens with zero attached hydrogens (tertiary/aromatic N) is 1. The Bertz CT molecular complexity index is 1010. The molecule has 5 aliphatic rings. The monoisotopic (exact) mass is 434 g/mol. The zero-order valence-electron chi connectivity index (χ0n) is 18.3. The summed E-state index contributed by atoms with van der Waals surface area (Å²) in [6, 6.07) is 12.6. The summed E-state index contributed by atoms with van der Waals surface area (Å²) in [5.74, 6) is 2.35.